The lowest BCUT2D eigenvalue weighted by molar-refractivity contribution is 0.195. The second kappa shape index (κ2) is 3.98. The largest absolute Gasteiger partial charge is 0.0851 e. The average molecular weight is 252 g/mol. The molecule has 0 amide bonds. The molecule has 0 radical (unpaired) electrons. The zero-order chi connectivity index (χ0) is 13.0. The van der Waals surface area contributed by atoms with Gasteiger partial charge in [0, 0.05) is 0 Å². The summed E-state index contributed by atoms with van der Waals surface area (Å²) in [6, 6.07) is 7.26. The number of hydrogen-bond donors (Lipinski definition) is 0. The van der Waals surface area contributed by atoms with Gasteiger partial charge in [0.05, 0.1) is 0 Å². The molecule has 1 saturated carbocycles. The van der Waals surface area contributed by atoms with E-state index < -0.39 is 0 Å². The number of hydrogen-bond acceptors (Lipinski definition) is 0. The van der Waals surface area contributed by atoms with Gasteiger partial charge in [0.25, 0.3) is 0 Å². The van der Waals surface area contributed by atoms with Crippen LogP contribution in [0.2, 0.25) is 0 Å². The normalized spacial score (nSPS) is 35.3. The van der Waals surface area contributed by atoms with Crippen molar-refractivity contribution in [1.29, 1.82) is 0 Å². The molecule has 3 atom stereocenters. The van der Waals surface area contributed by atoms with Crippen LogP contribution in [0.15, 0.2) is 30.4 Å². The molecule has 0 aromatic heterocycles. The van der Waals surface area contributed by atoms with Crippen LogP contribution in [-0.2, 0) is 12.8 Å². The highest BCUT2D eigenvalue weighted by Gasteiger charge is 2.49. The molecule has 0 nitrogen and oxygen atoms in total. The molecule has 3 aliphatic rings. The molecule has 0 heteroatoms. The number of benzene rings is 1. The minimum absolute atomic E-state index is 0.627. The zero-order valence-electron chi connectivity index (χ0n) is 12.2. The molecule has 3 aliphatic carbocycles. The van der Waals surface area contributed by atoms with Crippen molar-refractivity contribution in [3.05, 3.63) is 47.0 Å². The van der Waals surface area contributed by atoms with Crippen LogP contribution < -0.4 is 0 Å². The minimum atomic E-state index is 0.627. The molecule has 1 aromatic rings. The fourth-order valence-corrected chi connectivity index (χ4v) is 4.81. The van der Waals surface area contributed by atoms with Crippen molar-refractivity contribution in [2.75, 3.05) is 0 Å². The molecule has 1 spiro atoms. The Morgan fingerprint density at radius 3 is 2.74 bits per heavy atom. The fourth-order valence-electron chi connectivity index (χ4n) is 4.81. The Hall–Kier alpha value is -1.04. The van der Waals surface area contributed by atoms with Crippen LogP contribution >= 0.6 is 0 Å². The first-order chi connectivity index (χ1) is 9.16. The Morgan fingerprint density at radius 1 is 1.16 bits per heavy atom. The van der Waals surface area contributed by atoms with E-state index in [9.17, 15) is 0 Å². The van der Waals surface area contributed by atoms with Gasteiger partial charge in [-0.25, -0.2) is 0 Å². The van der Waals surface area contributed by atoms with Gasteiger partial charge in [0.2, 0.25) is 0 Å². The molecular weight excluding hydrogens is 228 g/mol. The van der Waals surface area contributed by atoms with E-state index in [4.69, 9.17) is 0 Å². The van der Waals surface area contributed by atoms with Gasteiger partial charge in [-0.05, 0) is 72.0 Å². The quantitative estimate of drug-likeness (QED) is 0.625. The second-order valence-corrected chi connectivity index (χ2v) is 7.41. The van der Waals surface area contributed by atoms with Crippen molar-refractivity contribution in [1.82, 2.24) is 0 Å². The highest BCUT2D eigenvalue weighted by atomic mass is 14.5. The van der Waals surface area contributed by atoms with Crippen LogP contribution in [-0.4, -0.2) is 0 Å². The standard InChI is InChI=1S/C19H24/c1-13(2)16-5-4-15-7-8-19(12-17(15)10-16)11-14-3-6-18(19)9-14/h3-6,10,13-14,18H,7-9,11-12H2,1-2H3. The lowest BCUT2D eigenvalue weighted by Crippen LogP contribution is -2.32. The van der Waals surface area contributed by atoms with Gasteiger partial charge in [0.15, 0.2) is 0 Å². The molecule has 4 rings (SSSR count). The van der Waals surface area contributed by atoms with Crippen LogP contribution in [0.4, 0.5) is 0 Å². The lowest BCUT2D eigenvalue weighted by Gasteiger charge is -2.40. The minimum Gasteiger partial charge on any atom is -0.0851 e. The van der Waals surface area contributed by atoms with E-state index in [0.29, 0.717) is 11.3 Å². The van der Waals surface area contributed by atoms with E-state index in [1.54, 1.807) is 11.1 Å². The monoisotopic (exact) mass is 252 g/mol. The third kappa shape index (κ3) is 1.72. The molecule has 1 fully saturated rings. The maximum Gasteiger partial charge on any atom is -0.0168 e. The van der Waals surface area contributed by atoms with Crippen molar-refractivity contribution in [3.63, 3.8) is 0 Å². The summed E-state index contributed by atoms with van der Waals surface area (Å²) in [6.45, 7) is 4.61. The highest BCUT2D eigenvalue weighted by molar-refractivity contribution is 5.38. The van der Waals surface area contributed by atoms with Gasteiger partial charge in [-0.1, -0.05) is 44.2 Å². The van der Waals surface area contributed by atoms with Crippen LogP contribution in [0, 0.1) is 17.3 Å². The Morgan fingerprint density at radius 2 is 2.05 bits per heavy atom. The van der Waals surface area contributed by atoms with Crippen molar-refractivity contribution >= 4 is 0 Å². The molecular formula is C19H24. The number of rotatable bonds is 1. The molecule has 19 heavy (non-hydrogen) atoms. The second-order valence-electron chi connectivity index (χ2n) is 7.41. The third-order valence-electron chi connectivity index (χ3n) is 5.96. The molecule has 100 valence electrons. The first-order valence-electron chi connectivity index (χ1n) is 7.96. The first-order valence-corrected chi connectivity index (χ1v) is 7.96. The van der Waals surface area contributed by atoms with Gasteiger partial charge < -0.3 is 0 Å². The summed E-state index contributed by atoms with van der Waals surface area (Å²) in [6.07, 6.45) is 12.0. The number of aryl methyl sites for hydroxylation is 1. The smallest absolute Gasteiger partial charge is 0.0168 e. The third-order valence-corrected chi connectivity index (χ3v) is 5.96. The predicted molar refractivity (Wildman–Crippen MR) is 80.3 cm³/mol. The van der Waals surface area contributed by atoms with E-state index in [1.165, 1.54) is 37.7 Å². The van der Waals surface area contributed by atoms with Crippen molar-refractivity contribution in [3.8, 4) is 0 Å². The molecule has 1 aromatic carbocycles. The summed E-state index contributed by atoms with van der Waals surface area (Å²) in [5.41, 5.74) is 5.44. The van der Waals surface area contributed by atoms with E-state index in [0.717, 1.165) is 11.8 Å². The zero-order valence-corrected chi connectivity index (χ0v) is 12.2. The summed E-state index contributed by atoms with van der Waals surface area (Å²) >= 11 is 0. The number of allylic oxidation sites excluding steroid dienone is 2. The molecule has 2 bridgehead atoms. The summed E-state index contributed by atoms with van der Waals surface area (Å²) in [5.74, 6) is 2.44. The van der Waals surface area contributed by atoms with Crippen molar-refractivity contribution in [2.24, 2.45) is 17.3 Å². The van der Waals surface area contributed by atoms with Gasteiger partial charge in [-0.2, -0.15) is 0 Å². The molecule has 0 aliphatic heterocycles. The Kier molecular flexibility index (Phi) is 2.46. The fraction of sp³-hybridized carbons (Fsp3) is 0.579. The first kappa shape index (κ1) is 11.8. The van der Waals surface area contributed by atoms with Crippen molar-refractivity contribution in [2.45, 2.75) is 51.9 Å². The van der Waals surface area contributed by atoms with Gasteiger partial charge >= 0.3 is 0 Å². The van der Waals surface area contributed by atoms with E-state index in [2.05, 4.69) is 44.2 Å². The van der Waals surface area contributed by atoms with E-state index in [-0.39, 0.29) is 0 Å². The van der Waals surface area contributed by atoms with Crippen LogP contribution in [0.1, 0.15) is 55.7 Å². The van der Waals surface area contributed by atoms with E-state index in [1.807, 2.05) is 0 Å². The Balaban J connectivity index is 1.69. The SMILES string of the molecule is CC(C)c1ccc2c(c1)CC1(CC2)CC2C=CC1C2. The summed E-state index contributed by atoms with van der Waals surface area (Å²) in [5, 5.41) is 0. The average Bonchev–Trinajstić information content (AvgIpc) is 2.98. The van der Waals surface area contributed by atoms with Crippen LogP contribution in [0.3, 0.4) is 0 Å². The molecule has 0 saturated heterocycles. The predicted octanol–water partition coefficient (Wildman–Crippen LogP) is 4.88. The molecule has 0 N–H and O–H groups in total. The lowest BCUT2D eigenvalue weighted by atomic mass is 9.64. The maximum absolute atomic E-state index is 2.53. The van der Waals surface area contributed by atoms with Gasteiger partial charge in [-0.15, -0.1) is 0 Å². The highest BCUT2D eigenvalue weighted by Crippen LogP contribution is 2.57. The summed E-state index contributed by atoms with van der Waals surface area (Å²) in [7, 11) is 0. The molecule has 3 unspecified atom stereocenters. The van der Waals surface area contributed by atoms with Gasteiger partial charge in [0.1, 0.15) is 0 Å². The maximum atomic E-state index is 2.53. The Labute approximate surface area is 116 Å². The summed E-state index contributed by atoms with van der Waals surface area (Å²) < 4.78 is 0. The van der Waals surface area contributed by atoms with Crippen LogP contribution in [0.25, 0.3) is 0 Å². The number of fused-ring (bicyclic) bond motifs is 4. The molecule has 0 heterocycles. The van der Waals surface area contributed by atoms with Gasteiger partial charge in [-0.3, -0.25) is 0 Å². The van der Waals surface area contributed by atoms with Crippen LogP contribution in [0.5, 0.6) is 0 Å². The topological polar surface area (TPSA) is 0 Å². The Bertz CT molecular complexity index is 537. The summed E-state index contributed by atoms with van der Waals surface area (Å²) in [4.78, 5) is 0. The van der Waals surface area contributed by atoms with E-state index >= 15 is 0 Å². The van der Waals surface area contributed by atoms with Crippen molar-refractivity contribution < 1.29 is 0 Å².